The minimum absolute atomic E-state index is 0.156. The van der Waals surface area contributed by atoms with Crippen LogP contribution < -0.4 is 0 Å². The zero-order valence-electron chi connectivity index (χ0n) is 13.5. The van der Waals surface area contributed by atoms with Gasteiger partial charge in [0.05, 0.1) is 18.1 Å². The number of hydrogen-bond donors (Lipinski definition) is 0. The van der Waals surface area contributed by atoms with Crippen LogP contribution in [0, 0.1) is 5.92 Å². The van der Waals surface area contributed by atoms with Crippen LogP contribution in [0.1, 0.15) is 30.1 Å². The van der Waals surface area contributed by atoms with E-state index >= 15 is 0 Å². The number of benzene rings is 1. The number of likely N-dealkylation sites (tertiary alicyclic amines) is 1. The summed E-state index contributed by atoms with van der Waals surface area (Å²) in [6, 6.07) is 6.88. The van der Waals surface area contributed by atoms with Gasteiger partial charge in [0.25, 0.3) is 5.91 Å². The second kappa shape index (κ2) is 8.82. The third-order valence-electron chi connectivity index (χ3n) is 3.89. The third-order valence-corrected chi connectivity index (χ3v) is 4.58. The van der Waals surface area contributed by atoms with Crippen molar-refractivity contribution in [2.24, 2.45) is 5.92 Å². The molecule has 24 heavy (non-hydrogen) atoms. The van der Waals surface area contributed by atoms with E-state index < -0.39 is 5.97 Å². The Kier molecular flexibility index (Phi) is 6.78. The third kappa shape index (κ3) is 4.80. The van der Waals surface area contributed by atoms with E-state index in [1.54, 1.807) is 36.1 Å². The molecule has 0 N–H and O–H groups in total. The highest BCUT2D eigenvalue weighted by atomic mass is 79.9. The van der Waals surface area contributed by atoms with Gasteiger partial charge >= 0.3 is 11.9 Å². The highest BCUT2D eigenvalue weighted by Crippen LogP contribution is 2.19. The van der Waals surface area contributed by atoms with Gasteiger partial charge in [-0.1, -0.05) is 12.1 Å². The summed E-state index contributed by atoms with van der Waals surface area (Å²) in [6.07, 6.45) is 1.14. The van der Waals surface area contributed by atoms with E-state index in [0.717, 1.165) is 0 Å². The number of nitrogens with zero attached hydrogens (tertiary/aromatic N) is 1. The molecule has 0 unspecified atom stereocenters. The molecule has 1 aromatic rings. The van der Waals surface area contributed by atoms with Gasteiger partial charge in [0, 0.05) is 17.6 Å². The molecule has 0 atom stereocenters. The van der Waals surface area contributed by atoms with Crippen molar-refractivity contribution in [1.29, 1.82) is 0 Å². The summed E-state index contributed by atoms with van der Waals surface area (Å²) >= 11 is 3.27. The van der Waals surface area contributed by atoms with E-state index in [0.29, 0.717) is 42.6 Å². The number of carbonyl (C=O) groups excluding carboxylic acids is 3. The lowest BCUT2D eigenvalue weighted by atomic mass is 9.97. The lowest BCUT2D eigenvalue weighted by Crippen LogP contribution is -2.42. The quantitative estimate of drug-likeness (QED) is 0.713. The molecule has 1 amide bonds. The molecule has 1 saturated heterocycles. The molecule has 0 aliphatic carbocycles. The van der Waals surface area contributed by atoms with Crippen molar-refractivity contribution in [3.05, 3.63) is 34.3 Å². The fourth-order valence-corrected chi connectivity index (χ4v) is 2.99. The molecule has 1 fully saturated rings. The lowest BCUT2D eigenvalue weighted by Gasteiger charge is -2.30. The van der Waals surface area contributed by atoms with E-state index in [9.17, 15) is 14.4 Å². The number of rotatable bonds is 5. The molecule has 0 aromatic heterocycles. The maximum absolute atomic E-state index is 12.1. The Morgan fingerprint density at radius 3 is 2.46 bits per heavy atom. The molecule has 0 saturated carbocycles. The van der Waals surface area contributed by atoms with Crippen molar-refractivity contribution < 1.29 is 23.9 Å². The molecular weight excluding hydrogens is 378 g/mol. The van der Waals surface area contributed by atoms with Crippen LogP contribution in [0.25, 0.3) is 0 Å². The Balaban J connectivity index is 1.79. The molecule has 1 aliphatic rings. The first kappa shape index (κ1) is 18.4. The zero-order valence-corrected chi connectivity index (χ0v) is 15.1. The summed E-state index contributed by atoms with van der Waals surface area (Å²) in [5, 5.41) is 0. The van der Waals surface area contributed by atoms with Crippen LogP contribution in [0.3, 0.4) is 0 Å². The number of piperidine rings is 1. The molecule has 1 aromatic carbocycles. The summed E-state index contributed by atoms with van der Waals surface area (Å²) in [7, 11) is 0. The van der Waals surface area contributed by atoms with Crippen LogP contribution in [0.5, 0.6) is 0 Å². The lowest BCUT2D eigenvalue weighted by molar-refractivity contribution is -0.151. The molecule has 2 rings (SSSR count). The Labute approximate surface area is 149 Å². The van der Waals surface area contributed by atoms with Gasteiger partial charge in [0.1, 0.15) is 0 Å². The van der Waals surface area contributed by atoms with Gasteiger partial charge in [0.15, 0.2) is 6.61 Å². The first-order valence-electron chi connectivity index (χ1n) is 7.89. The van der Waals surface area contributed by atoms with Crippen molar-refractivity contribution in [3.8, 4) is 0 Å². The van der Waals surface area contributed by atoms with E-state index in [4.69, 9.17) is 9.47 Å². The predicted octanol–water partition coefficient (Wildman–Crippen LogP) is 2.41. The summed E-state index contributed by atoms with van der Waals surface area (Å²) < 4.78 is 10.7. The van der Waals surface area contributed by atoms with Gasteiger partial charge < -0.3 is 14.4 Å². The fourth-order valence-electron chi connectivity index (χ4n) is 2.55. The van der Waals surface area contributed by atoms with Crippen molar-refractivity contribution in [2.45, 2.75) is 19.8 Å². The second-order valence-corrected chi connectivity index (χ2v) is 6.32. The number of esters is 2. The second-order valence-electron chi connectivity index (χ2n) is 5.46. The monoisotopic (exact) mass is 397 g/mol. The maximum Gasteiger partial charge on any atom is 0.339 e. The van der Waals surface area contributed by atoms with Gasteiger partial charge in [-0.3, -0.25) is 9.59 Å². The predicted molar refractivity (Wildman–Crippen MR) is 90.4 cm³/mol. The average molecular weight is 398 g/mol. The minimum atomic E-state index is -0.544. The Morgan fingerprint density at radius 1 is 1.17 bits per heavy atom. The van der Waals surface area contributed by atoms with Crippen molar-refractivity contribution in [1.82, 2.24) is 4.90 Å². The molecule has 7 heteroatoms. The van der Waals surface area contributed by atoms with Crippen LogP contribution in [0.2, 0.25) is 0 Å². The van der Waals surface area contributed by atoms with Gasteiger partial charge in [-0.05, 0) is 47.8 Å². The summed E-state index contributed by atoms with van der Waals surface area (Å²) in [4.78, 5) is 37.4. The average Bonchev–Trinajstić information content (AvgIpc) is 2.60. The molecule has 0 spiro atoms. The SMILES string of the molecule is CCOC(=O)C1CCN(C(=O)COC(=O)c2ccccc2Br)CC1. The van der Waals surface area contributed by atoms with Crippen molar-refractivity contribution >= 4 is 33.8 Å². The van der Waals surface area contributed by atoms with Crippen LogP contribution in [-0.2, 0) is 19.1 Å². The number of carbonyl (C=O) groups is 3. The smallest absolute Gasteiger partial charge is 0.339 e. The van der Waals surface area contributed by atoms with Crippen LogP contribution >= 0.6 is 15.9 Å². The number of ether oxygens (including phenoxy) is 2. The van der Waals surface area contributed by atoms with Crippen LogP contribution in [0.4, 0.5) is 0 Å². The fraction of sp³-hybridized carbons (Fsp3) is 0.471. The molecule has 0 radical (unpaired) electrons. The molecule has 1 aliphatic heterocycles. The van der Waals surface area contributed by atoms with Crippen LogP contribution in [-0.4, -0.2) is 49.0 Å². The summed E-state index contributed by atoms with van der Waals surface area (Å²) in [5.74, 6) is -1.16. The standard InChI is InChI=1S/C17H20BrNO5/c1-2-23-16(21)12-7-9-19(10-8-12)15(20)11-24-17(22)13-5-3-4-6-14(13)18/h3-6,12H,2,7-11H2,1H3. The highest BCUT2D eigenvalue weighted by molar-refractivity contribution is 9.10. The molecular formula is C17H20BrNO5. The molecule has 1 heterocycles. The van der Waals surface area contributed by atoms with Crippen LogP contribution in [0.15, 0.2) is 28.7 Å². The largest absolute Gasteiger partial charge is 0.466 e. The van der Waals surface area contributed by atoms with E-state index in [1.165, 1.54) is 0 Å². The maximum atomic E-state index is 12.1. The van der Waals surface area contributed by atoms with Crippen molar-refractivity contribution in [2.75, 3.05) is 26.3 Å². The van der Waals surface area contributed by atoms with Gasteiger partial charge in [-0.2, -0.15) is 0 Å². The first-order valence-corrected chi connectivity index (χ1v) is 8.68. The van der Waals surface area contributed by atoms with Gasteiger partial charge in [-0.25, -0.2) is 4.79 Å². The van der Waals surface area contributed by atoms with Gasteiger partial charge in [0.2, 0.25) is 0 Å². The topological polar surface area (TPSA) is 72.9 Å². The first-order chi connectivity index (χ1) is 11.5. The normalized spacial score (nSPS) is 15.0. The highest BCUT2D eigenvalue weighted by Gasteiger charge is 2.28. The van der Waals surface area contributed by atoms with Crippen molar-refractivity contribution in [3.63, 3.8) is 0 Å². The Morgan fingerprint density at radius 2 is 1.83 bits per heavy atom. The summed E-state index contributed by atoms with van der Waals surface area (Å²) in [5.41, 5.74) is 0.381. The Hall–Kier alpha value is -1.89. The molecule has 0 bridgehead atoms. The van der Waals surface area contributed by atoms with Gasteiger partial charge in [-0.15, -0.1) is 0 Å². The summed E-state index contributed by atoms with van der Waals surface area (Å²) in [6.45, 7) is 2.77. The van der Waals surface area contributed by atoms with E-state index in [2.05, 4.69) is 15.9 Å². The number of amides is 1. The molecule has 6 nitrogen and oxygen atoms in total. The minimum Gasteiger partial charge on any atom is -0.466 e. The Bertz CT molecular complexity index is 611. The van der Waals surface area contributed by atoms with E-state index in [1.807, 2.05) is 0 Å². The van der Waals surface area contributed by atoms with E-state index in [-0.39, 0.29) is 24.4 Å². The molecule has 130 valence electrons. The number of hydrogen-bond acceptors (Lipinski definition) is 5. The number of halogens is 1. The zero-order chi connectivity index (χ0) is 17.5.